The van der Waals surface area contributed by atoms with Gasteiger partial charge >= 0.3 is 5.51 Å². The average Bonchev–Trinajstić information content (AvgIpc) is 3.50. The first kappa shape index (κ1) is 28.8. The van der Waals surface area contributed by atoms with Crippen LogP contribution in [0.3, 0.4) is 0 Å². The molecule has 1 aliphatic heterocycles. The van der Waals surface area contributed by atoms with Crippen molar-refractivity contribution in [1.82, 2.24) is 4.57 Å². The van der Waals surface area contributed by atoms with Gasteiger partial charge in [0.1, 0.15) is 14.2 Å². The fourth-order valence-corrected chi connectivity index (χ4v) is 8.09. The van der Waals surface area contributed by atoms with Gasteiger partial charge in [-0.1, -0.05) is 47.4 Å². The number of aryl methyl sites for hydroxylation is 1. The summed E-state index contributed by atoms with van der Waals surface area (Å²) in [5.74, 6) is 0. The summed E-state index contributed by atoms with van der Waals surface area (Å²) in [6.45, 7) is 4.81. The van der Waals surface area contributed by atoms with E-state index < -0.39 is 5.51 Å². The van der Waals surface area contributed by atoms with E-state index in [4.69, 9.17) is 0 Å². The number of aromatic nitrogens is 2. The molecule has 0 fully saturated rings. The molecule has 0 atom stereocenters. The van der Waals surface area contributed by atoms with E-state index in [-0.39, 0.29) is 34.6 Å². The molecule has 4 nitrogen and oxygen atoms in total. The summed E-state index contributed by atoms with van der Waals surface area (Å²) < 4.78 is 44.4. The normalized spacial score (nSPS) is 15.1. The van der Waals surface area contributed by atoms with Crippen LogP contribution in [-0.4, -0.2) is 17.1 Å². The van der Waals surface area contributed by atoms with Gasteiger partial charge in [0.05, 0.1) is 17.1 Å². The maximum Gasteiger partial charge on any atom is 0.446 e. The first-order valence-electron chi connectivity index (χ1n) is 11.4. The molecule has 0 spiro atoms. The molecule has 0 amide bonds. The van der Waals surface area contributed by atoms with Crippen molar-refractivity contribution in [3.63, 3.8) is 0 Å². The Labute approximate surface area is 240 Å². The Hall–Kier alpha value is -2.18. The molecule has 4 aromatic rings. The summed E-state index contributed by atoms with van der Waals surface area (Å²) >= 11 is 4.44. The van der Waals surface area contributed by atoms with Gasteiger partial charge in [0.15, 0.2) is 12.7 Å². The first-order chi connectivity index (χ1) is 17.6. The molecular weight excluding hydrogens is 591 g/mol. The number of anilines is 1. The molecule has 12 heteroatoms. The van der Waals surface area contributed by atoms with Crippen molar-refractivity contribution in [2.45, 2.75) is 42.2 Å². The van der Waals surface area contributed by atoms with Crippen molar-refractivity contribution in [3.8, 4) is 0 Å². The molecule has 1 aliphatic rings. The van der Waals surface area contributed by atoms with Gasteiger partial charge in [-0.25, -0.2) is 0 Å². The van der Waals surface area contributed by atoms with Crippen LogP contribution in [0.2, 0.25) is 0 Å². The van der Waals surface area contributed by atoms with E-state index in [0.717, 1.165) is 30.8 Å². The molecule has 0 radical (unpaired) electrons. The average molecular weight is 614 g/mol. The predicted molar refractivity (Wildman–Crippen MR) is 148 cm³/mol. The topological polar surface area (TPSA) is 29.1 Å². The Morgan fingerprint density at radius 2 is 1.92 bits per heavy atom. The summed E-state index contributed by atoms with van der Waals surface area (Å²) in [5.41, 5.74) is -1.54. The molecule has 0 saturated heterocycles. The molecule has 0 N–H and O–H groups in total. The minimum absolute atomic E-state index is 0. The maximum atomic E-state index is 13.4. The van der Waals surface area contributed by atoms with E-state index >= 15 is 0 Å². The Morgan fingerprint density at radius 1 is 1.16 bits per heavy atom. The monoisotopic (exact) mass is 613 g/mol. The van der Waals surface area contributed by atoms with Crippen molar-refractivity contribution in [2.75, 3.05) is 11.9 Å². The van der Waals surface area contributed by atoms with Gasteiger partial charge in [0, 0.05) is 28.9 Å². The highest BCUT2D eigenvalue weighted by molar-refractivity contribution is 8.08. The lowest BCUT2D eigenvalue weighted by molar-refractivity contribution is -0.685. The van der Waals surface area contributed by atoms with E-state index in [1.165, 1.54) is 28.7 Å². The second-order valence-electron chi connectivity index (χ2n) is 8.43. The fraction of sp³-hybridized carbons (Fsp3) is 0.231. The molecule has 3 heterocycles. The quantitative estimate of drug-likeness (QED) is 0.255. The summed E-state index contributed by atoms with van der Waals surface area (Å²) in [7, 11) is 1.98. The van der Waals surface area contributed by atoms with Crippen LogP contribution in [0, 0.1) is 6.92 Å². The van der Waals surface area contributed by atoms with Gasteiger partial charge in [-0.05, 0) is 49.4 Å². The molecule has 38 heavy (non-hydrogen) atoms. The Bertz CT molecular complexity index is 1660. The number of fused-ring (bicyclic) bond motifs is 1. The van der Waals surface area contributed by atoms with Gasteiger partial charge < -0.3 is 17.3 Å². The SMILES string of the molecule is CCn1c(=O)/c(=C2\Sc3ccc(C)cc3N2C)s/c1=C\c1scc[n+]1Cc1ccccc1SC(F)(F)F.[Cl-]. The van der Waals surface area contributed by atoms with E-state index in [1.54, 1.807) is 34.5 Å². The number of hydrogen-bond acceptors (Lipinski definition) is 6. The second-order valence-corrected chi connectivity index (χ2v) is 12.5. The summed E-state index contributed by atoms with van der Waals surface area (Å²) in [6, 6.07) is 12.9. The van der Waals surface area contributed by atoms with Gasteiger partial charge in [0.2, 0.25) is 0 Å². The lowest BCUT2D eigenvalue weighted by Crippen LogP contribution is -3.00. The third-order valence-electron chi connectivity index (χ3n) is 5.91. The van der Waals surface area contributed by atoms with Crippen molar-refractivity contribution in [1.29, 1.82) is 0 Å². The third-order valence-corrected chi connectivity index (χ3v) is 10.1. The summed E-state index contributed by atoms with van der Waals surface area (Å²) in [4.78, 5) is 16.8. The number of thiazole rings is 2. The van der Waals surface area contributed by atoms with E-state index in [9.17, 15) is 18.0 Å². The molecule has 0 unspecified atom stereocenters. The third kappa shape index (κ3) is 5.86. The van der Waals surface area contributed by atoms with Gasteiger partial charge in [-0.15, -0.1) is 11.3 Å². The van der Waals surface area contributed by atoms with Crippen molar-refractivity contribution in [2.24, 2.45) is 0 Å². The van der Waals surface area contributed by atoms with Gasteiger partial charge in [-0.2, -0.15) is 17.7 Å². The molecule has 0 bridgehead atoms. The highest BCUT2D eigenvalue weighted by Gasteiger charge is 2.31. The minimum Gasteiger partial charge on any atom is -1.00 e. The zero-order valence-electron chi connectivity index (χ0n) is 20.6. The molecule has 2 aromatic heterocycles. The van der Waals surface area contributed by atoms with Gasteiger partial charge in [0.25, 0.3) is 10.6 Å². The van der Waals surface area contributed by atoms with E-state index in [1.807, 2.05) is 36.2 Å². The lowest BCUT2D eigenvalue weighted by Gasteiger charge is -2.12. The number of rotatable bonds is 5. The van der Waals surface area contributed by atoms with E-state index in [2.05, 4.69) is 30.0 Å². The predicted octanol–water partition coefficient (Wildman–Crippen LogP) is 2.39. The number of thioether (sulfide) groups is 2. The zero-order chi connectivity index (χ0) is 26.3. The van der Waals surface area contributed by atoms with Crippen LogP contribution in [-0.2, 0) is 13.1 Å². The van der Waals surface area contributed by atoms with Crippen LogP contribution in [0.25, 0.3) is 11.1 Å². The number of alkyl halides is 3. The molecule has 0 saturated carbocycles. The van der Waals surface area contributed by atoms with Crippen LogP contribution in [0.4, 0.5) is 18.9 Å². The highest BCUT2D eigenvalue weighted by atomic mass is 35.5. The van der Waals surface area contributed by atoms with Gasteiger partial charge in [-0.3, -0.25) is 9.36 Å². The Morgan fingerprint density at radius 3 is 2.66 bits per heavy atom. The van der Waals surface area contributed by atoms with Crippen LogP contribution in [0.5, 0.6) is 0 Å². The van der Waals surface area contributed by atoms with Crippen LogP contribution in [0.15, 0.2) is 68.6 Å². The number of hydrogen-bond donors (Lipinski definition) is 0. The Balaban J connectivity index is 0.00000336. The molecular formula is C26H23ClF3N3OS4. The summed E-state index contributed by atoms with van der Waals surface area (Å²) in [5, 5.41) is 3.68. The standard InChI is InChI=1S/C26H23F3N3OS4.ClH/c1-4-32-22(36-23(24(32)33)25-30(3)18-13-16(2)9-10-20(18)35-25)14-21-31(11-12-34-21)15-17-7-5-6-8-19(17)37-26(27,28)29;/h5-14H,4,15H2,1-3H3;1H/q+1;/p-1/b25-23+;. The van der Waals surface area contributed by atoms with Crippen molar-refractivity contribution in [3.05, 3.63) is 89.7 Å². The number of benzene rings is 2. The molecule has 5 rings (SSSR count). The highest BCUT2D eigenvalue weighted by Crippen LogP contribution is 2.45. The molecule has 200 valence electrons. The fourth-order valence-electron chi connectivity index (χ4n) is 4.13. The van der Waals surface area contributed by atoms with Crippen LogP contribution >= 0.6 is 46.2 Å². The van der Waals surface area contributed by atoms with Crippen molar-refractivity contribution >= 4 is 63.0 Å². The smallest absolute Gasteiger partial charge is 0.446 e. The van der Waals surface area contributed by atoms with Crippen molar-refractivity contribution < 1.29 is 30.1 Å². The molecule has 0 aliphatic carbocycles. The van der Waals surface area contributed by atoms with Crippen LogP contribution < -0.4 is 36.6 Å². The largest absolute Gasteiger partial charge is 1.00 e. The Kier molecular flexibility index (Phi) is 8.73. The summed E-state index contributed by atoms with van der Waals surface area (Å²) in [6.07, 6.45) is 3.82. The lowest BCUT2D eigenvalue weighted by atomic mass is 10.2. The zero-order valence-corrected chi connectivity index (χ0v) is 24.6. The first-order valence-corrected chi connectivity index (χ1v) is 14.8. The number of halogens is 4. The number of nitrogens with zero attached hydrogens (tertiary/aromatic N) is 3. The van der Waals surface area contributed by atoms with E-state index in [0.29, 0.717) is 23.2 Å². The second kappa shape index (κ2) is 11.5. The molecule has 2 aromatic carbocycles. The maximum absolute atomic E-state index is 13.4. The van der Waals surface area contributed by atoms with Crippen LogP contribution in [0.1, 0.15) is 23.1 Å². The minimum atomic E-state index is -4.35.